The molecule has 0 aliphatic carbocycles. The van der Waals surface area contributed by atoms with Crippen molar-refractivity contribution in [1.29, 1.82) is 0 Å². The van der Waals surface area contributed by atoms with Crippen LogP contribution >= 0.6 is 0 Å². The molecule has 0 atom stereocenters. The molecule has 2 heterocycles. The molecular formula is C14H14O2. The maximum atomic E-state index is 5.89. The number of furan rings is 1. The summed E-state index contributed by atoms with van der Waals surface area (Å²) in [6.07, 6.45) is 5.94. The van der Waals surface area contributed by atoms with Crippen LogP contribution < -0.4 is 4.74 Å². The fourth-order valence-electron chi connectivity index (χ4n) is 2.08. The molecule has 0 saturated heterocycles. The zero-order valence-corrected chi connectivity index (χ0v) is 9.70. The summed E-state index contributed by atoms with van der Waals surface area (Å²) in [6, 6.07) is 4.08. The molecule has 1 aromatic heterocycles. The van der Waals surface area contributed by atoms with Crippen LogP contribution in [0.5, 0.6) is 5.75 Å². The molecule has 1 aliphatic rings. The number of aryl methyl sites for hydroxylation is 1. The van der Waals surface area contributed by atoms with Gasteiger partial charge in [-0.2, -0.15) is 0 Å². The highest BCUT2D eigenvalue weighted by molar-refractivity contribution is 5.91. The van der Waals surface area contributed by atoms with E-state index in [-0.39, 0.29) is 5.60 Å². The third-order valence-corrected chi connectivity index (χ3v) is 2.96. The molecular weight excluding hydrogens is 200 g/mol. The first-order valence-electron chi connectivity index (χ1n) is 5.46. The van der Waals surface area contributed by atoms with Crippen LogP contribution in [0.2, 0.25) is 0 Å². The van der Waals surface area contributed by atoms with Crippen molar-refractivity contribution in [1.82, 2.24) is 0 Å². The molecule has 0 spiro atoms. The van der Waals surface area contributed by atoms with Crippen LogP contribution in [-0.4, -0.2) is 5.60 Å². The standard InChI is InChI=1S/C14H14O2/c1-9-8-15-13-10(9)4-5-12-11(13)6-7-14(2,3)16-12/h4-8H,1-3H3. The van der Waals surface area contributed by atoms with E-state index < -0.39 is 0 Å². The monoisotopic (exact) mass is 214 g/mol. The van der Waals surface area contributed by atoms with Crippen molar-refractivity contribution >= 4 is 17.0 Å². The van der Waals surface area contributed by atoms with E-state index in [1.807, 2.05) is 19.9 Å². The minimum atomic E-state index is -0.234. The highest BCUT2D eigenvalue weighted by Crippen LogP contribution is 2.37. The Hall–Kier alpha value is -1.70. The molecule has 16 heavy (non-hydrogen) atoms. The van der Waals surface area contributed by atoms with Crippen LogP contribution in [0.25, 0.3) is 17.0 Å². The number of benzene rings is 1. The lowest BCUT2D eigenvalue weighted by Crippen LogP contribution is -2.27. The van der Waals surface area contributed by atoms with Crippen molar-refractivity contribution in [3.8, 4) is 5.75 Å². The van der Waals surface area contributed by atoms with Gasteiger partial charge in [0.25, 0.3) is 0 Å². The maximum Gasteiger partial charge on any atom is 0.145 e. The van der Waals surface area contributed by atoms with Crippen LogP contribution in [-0.2, 0) is 0 Å². The van der Waals surface area contributed by atoms with E-state index in [1.54, 1.807) is 6.26 Å². The zero-order valence-electron chi connectivity index (χ0n) is 9.70. The molecule has 0 amide bonds. The van der Waals surface area contributed by atoms with Crippen LogP contribution in [0.1, 0.15) is 25.0 Å². The van der Waals surface area contributed by atoms with Gasteiger partial charge in [0.05, 0.1) is 11.8 Å². The topological polar surface area (TPSA) is 22.4 Å². The maximum absolute atomic E-state index is 5.89. The Balaban J connectivity index is 2.29. The van der Waals surface area contributed by atoms with Crippen molar-refractivity contribution in [2.45, 2.75) is 26.4 Å². The minimum Gasteiger partial charge on any atom is -0.483 e. The van der Waals surface area contributed by atoms with Gasteiger partial charge in [0.15, 0.2) is 0 Å². The first-order chi connectivity index (χ1) is 7.57. The van der Waals surface area contributed by atoms with Crippen molar-refractivity contribution in [2.24, 2.45) is 0 Å². The van der Waals surface area contributed by atoms with Gasteiger partial charge >= 0.3 is 0 Å². The van der Waals surface area contributed by atoms with Crippen LogP contribution in [0, 0.1) is 6.92 Å². The van der Waals surface area contributed by atoms with E-state index in [1.165, 1.54) is 0 Å². The molecule has 0 radical (unpaired) electrons. The first kappa shape index (κ1) is 9.52. The summed E-state index contributed by atoms with van der Waals surface area (Å²) < 4.78 is 11.5. The third kappa shape index (κ3) is 1.26. The first-order valence-corrected chi connectivity index (χ1v) is 5.46. The van der Waals surface area contributed by atoms with Gasteiger partial charge < -0.3 is 9.15 Å². The molecule has 0 fully saturated rings. The van der Waals surface area contributed by atoms with E-state index in [2.05, 4.69) is 25.1 Å². The molecule has 1 aliphatic heterocycles. The van der Waals surface area contributed by atoms with E-state index in [0.717, 1.165) is 27.8 Å². The zero-order chi connectivity index (χ0) is 11.3. The highest BCUT2D eigenvalue weighted by atomic mass is 16.5. The predicted molar refractivity (Wildman–Crippen MR) is 64.7 cm³/mol. The molecule has 2 aromatic rings. The van der Waals surface area contributed by atoms with Gasteiger partial charge in [0.1, 0.15) is 16.9 Å². The smallest absolute Gasteiger partial charge is 0.145 e. The summed E-state index contributed by atoms with van der Waals surface area (Å²) in [5.74, 6) is 0.898. The second kappa shape index (κ2) is 2.91. The van der Waals surface area contributed by atoms with Gasteiger partial charge in [-0.3, -0.25) is 0 Å². The van der Waals surface area contributed by atoms with E-state index in [4.69, 9.17) is 9.15 Å². The number of ether oxygens (including phenoxy) is 1. The molecule has 2 nitrogen and oxygen atoms in total. The molecule has 2 heteroatoms. The molecule has 0 bridgehead atoms. The van der Waals surface area contributed by atoms with Crippen LogP contribution in [0.15, 0.2) is 28.9 Å². The van der Waals surface area contributed by atoms with Gasteiger partial charge in [0, 0.05) is 5.39 Å². The largest absolute Gasteiger partial charge is 0.483 e. The van der Waals surface area contributed by atoms with Gasteiger partial charge in [-0.15, -0.1) is 0 Å². The molecule has 0 N–H and O–H groups in total. The summed E-state index contributed by atoms with van der Waals surface area (Å²) in [5, 5.41) is 1.16. The van der Waals surface area contributed by atoms with Crippen molar-refractivity contribution in [2.75, 3.05) is 0 Å². The Bertz CT molecular complexity index is 588. The SMILES string of the molecule is Cc1coc2c3c(ccc12)OC(C)(C)C=C3. The quantitative estimate of drug-likeness (QED) is 0.663. The van der Waals surface area contributed by atoms with Gasteiger partial charge in [-0.25, -0.2) is 0 Å². The lowest BCUT2D eigenvalue weighted by Gasteiger charge is -2.27. The Kier molecular flexibility index (Phi) is 1.73. The Morgan fingerprint density at radius 2 is 2.00 bits per heavy atom. The second-order valence-corrected chi connectivity index (χ2v) is 4.81. The summed E-state index contributed by atoms with van der Waals surface area (Å²) >= 11 is 0. The predicted octanol–water partition coefficient (Wildman–Crippen LogP) is 3.93. The molecule has 0 saturated carbocycles. The molecule has 0 unspecified atom stereocenters. The van der Waals surface area contributed by atoms with Gasteiger partial charge in [0.2, 0.25) is 0 Å². The molecule has 82 valence electrons. The Morgan fingerprint density at radius 3 is 2.81 bits per heavy atom. The fourth-order valence-corrected chi connectivity index (χ4v) is 2.08. The average Bonchev–Trinajstić information content (AvgIpc) is 2.59. The third-order valence-electron chi connectivity index (χ3n) is 2.96. The van der Waals surface area contributed by atoms with Crippen LogP contribution in [0.4, 0.5) is 0 Å². The van der Waals surface area contributed by atoms with Crippen molar-refractivity contribution in [3.63, 3.8) is 0 Å². The normalized spacial score (nSPS) is 17.2. The number of fused-ring (bicyclic) bond motifs is 3. The Labute approximate surface area is 94.5 Å². The average molecular weight is 214 g/mol. The number of rotatable bonds is 0. The van der Waals surface area contributed by atoms with E-state index in [0.29, 0.717) is 0 Å². The Morgan fingerprint density at radius 1 is 1.19 bits per heavy atom. The summed E-state index contributed by atoms with van der Waals surface area (Å²) in [5.41, 5.74) is 2.89. The van der Waals surface area contributed by atoms with Crippen molar-refractivity contribution < 1.29 is 9.15 Å². The summed E-state index contributed by atoms with van der Waals surface area (Å²) in [7, 11) is 0. The van der Waals surface area contributed by atoms with Crippen molar-refractivity contribution in [3.05, 3.63) is 35.6 Å². The van der Waals surface area contributed by atoms with Gasteiger partial charge in [-0.05, 0) is 50.6 Å². The van der Waals surface area contributed by atoms with Gasteiger partial charge in [-0.1, -0.05) is 0 Å². The van der Waals surface area contributed by atoms with E-state index >= 15 is 0 Å². The summed E-state index contributed by atoms with van der Waals surface area (Å²) in [4.78, 5) is 0. The van der Waals surface area contributed by atoms with E-state index in [9.17, 15) is 0 Å². The number of hydrogen-bond acceptors (Lipinski definition) is 2. The number of hydrogen-bond donors (Lipinski definition) is 0. The second-order valence-electron chi connectivity index (χ2n) is 4.81. The van der Waals surface area contributed by atoms with Crippen LogP contribution in [0.3, 0.4) is 0 Å². The fraction of sp³-hybridized carbons (Fsp3) is 0.286. The minimum absolute atomic E-state index is 0.234. The summed E-state index contributed by atoms with van der Waals surface area (Å²) in [6.45, 7) is 6.14. The molecule has 1 aromatic carbocycles. The molecule has 3 rings (SSSR count). The lowest BCUT2D eigenvalue weighted by atomic mass is 10.0. The highest BCUT2D eigenvalue weighted by Gasteiger charge is 2.23. The lowest BCUT2D eigenvalue weighted by molar-refractivity contribution is 0.159.